The van der Waals surface area contributed by atoms with Crippen LogP contribution in [0.3, 0.4) is 0 Å². The molecule has 0 saturated carbocycles. The smallest absolute Gasteiger partial charge is 0.305 e. The number of esters is 1. The topological polar surface area (TPSA) is 55.4 Å². The fourth-order valence-electron chi connectivity index (χ4n) is 1.79. The molecule has 1 aromatic carbocycles. The lowest BCUT2D eigenvalue weighted by atomic mass is 10.2. The van der Waals surface area contributed by atoms with Crippen LogP contribution in [0.15, 0.2) is 35.2 Å². The van der Waals surface area contributed by atoms with Gasteiger partial charge in [0.2, 0.25) is 5.91 Å². The maximum Gasteiger partial charge on any atom is 0.305 e. The standard InChI is InChI=1S/C16H23NO3S/c1-13(21-14-9-5-3-6-10-14)16(19)17-12-8-4-7-11-15(18)20-2/h3,5-6,9-10,13H,4,7-8,11-12H2,1-2H3,(H,17,19). The van der Waals surface area contributed by atoms with Gasteiger partial charge in [-0.3, -0.25) is 9.59 Å². The Morgan fingerprint density at radius 2 is 1.90 bits per heavy atom. The minimum absolute atomic E-state index is 0.0526. The van der Waals surface area contributed by atoms with Crippen molar-refractivity contribution in [2.75, 3.05) is 13.7 Å². The predicted octanol–water partition coefficient (Wildman–Crippen LogP) is 3.02. The Labute approximate surface area is 130 Å². The van der Waals surface area contributed by atoms with Crippen LogP contribution in [0.1, 0.15) is 32.6 Å². The molecule has 116 valence electrons. The lowest BCUT2D eigenvalue weighted by molar-refractivity contribution is -0.140. The average molecular weight is 309 g/mol. The Bertz CT molecular complexity index is 436. The first kappa shape index (κ1) is 17.6. The van der Waals surface area contributed by atoms with Crippen molar-refractivity contribution < 1.29 is 14.3 Å². The SMILES string of the molecule is COC(=O)CCCCCNC(=O)C(C)Sc1ccccc1. The summed E-state index contributed by atoms with van der Waals surface area (Å²) in [6.45, 7) is 2.56. The number of benzene rings is 1. The molecule has 0 aliphatic heterocycles. The van der Waals surface area contributed by atoms with Crippen molar-refractivity contribution in [3.8, 4) is 0 Å². The number of nitrogens with one attached hydrogen (secondary N) is 1. The molecular formula is C16H23NO3S. The van der Waals surface area contributed by atoms with Gasteiger partial charge in [0.15, 0.2) is 0 Å². The number of amides is 1. The van der Waals surface area contributed by atoms with Crippen LogP contribution in [0.25, 0.3) is 0 Å². The van der Waals surface area contributed by atoms with Gasteiger partial charge >= 0.3 is 5.97 Å². The molecule has 21 heavy (non-hydrogen) atoms. The molecule has 4 nitrogen and oxygen atoms in total. The molecule has 0 aliphatic carbocycles. The van der Waals surface area contributed by atoms with Crippen molar-refractivity contribution in [1.29, 1.82) is 0 Å². The van der Waals surface area contributed by atoms with Gasteiger partial charge in [0.05, 0.1) is 12.4 Å². The third-order valence-electron chi connectivity index (χ3n) is 3.01. The van der Waals surface area contributed by atoms with Gasteiger partial charge in [-0.15, -0.1) is 11.8 Å². The average Bonchev–Trinajstić information content (AvgIpc) is 2.51. The first-order valence-electron chi connectivity index (χ1n) is 7.19. The molecule has 1 N–H and O–H groups in total. The number of hydrogen-bond acceptors (Lipinski definition) is 4. The lowest BCUT2D eigenvalue weighted by Crippen LogP contribution is -2.31. The van der Waals surface area contributed by atoms with E-state index < -0.39 is 0 Å². The summed E-state index contributed by atoms with van der Waals surface area (Å²) in [5.74, 6) is -0.122. The highest BCUT2D eigenvalue weighted by atomic mass is 32.2. The molecule has 0 aromatic heterocycles. The molecule has 1 rings (SSSR count). The first-order valence-corrected chi connectivity index (χ1v) is 8.07. The largest absolute Gasteiger partial charge is 0.469 e. The molecule has 1 amide bonds. The van der Waals surface area contributed by atoms with E-state index in [0.717, 1.165) is 24.2 Å². The van der Waals surface area contributed by atoms with Crippen LogP contribution >= 0.6 is 11.8 Å². The molecular weight excluding hydrogens is 286 g/mol. The fourth-order valence-corrected chi connectivity index (χ4v) is 2.70. The second-order valence-electron chi connectivity index (χ2n) is 4.75. The van der Waals surface area contributed by atoms with E-state index in [0.29, 0.717) is 13.0 Å². The fraction of sp³-hybridized carbons (Fsp3) is 0.500. The summed E-state index contributed by atoms with van der Waals surface area (Å²) in [6, 6.07) is 9.90. The zero-order valence-electron chi connectivity index (χ0n) is 12.6. The van der Waals surface area contributed by atoms with E-state index in [-0.39, 0.29) is 17.1 Å². The molecule has 0 heterocycles. The van der Waals surface area contributed by atoms with Crippen LogP contribution in [-0.4, -0.2) is 30.8 Å². The number of methoxy groups -OCH3 is 1. The number of carbonyl (C=O) groups excluding carboxylic acids is 2. The molecule has 0 bridgehead atoms. The number of carbonyl (C=O) groups is 2. The first-order chi connectivity index (χ1) is 10.1. The summed E-state index contributed by atoms with van der Waals surface area (Å²) < 4.78 is 4.57. The van der Waals surface area contributed by atoms with Crippen molar-refractivity contribution in [3.05, 3.63) is 30.3 Å². The summed E-state index contributed by atoms with van der Waals surface area (Å²) in [5.41, 5.74) is 0. The Hall–Kier alpha value is -1.49. The highest BCUT2D eigenvalue weighted by Gasteiger charge is 2.13. The maximum absolute atomic E-state index is 11.9. The van der Waals surface area contributed by atoms with Crippen LogP contribution in [0, 0.1) is 0 Å². The molecule has 0 saturated heterocycles. The van der Waals surface area contributed by atoms with Crippen molar-refractivity contribution in [1.82, 2.24) is 5.32 Å². The maximum atomic E-state index is 11.9. The van der Waals surface area contributed by atoms with E-state index in [4.69, 9.17) is 0 Å². The lowest BCUT2D eigenvalue weighted by Gasteiger charge is -2.11. The van der Waals surface area contributed by atoms with E-state index in [1.807, 2.05) is 37.3 Å². The molecule has 1 atom stereocenters. The van der Waals surface area contributed by atoms with Gasteiger partial charge in [-0.2, -0.15) is 0 Å². The summed E-state index contributed by atoms with van der Waals surface area (Å²) in [4.78, 5) is 23.9. The zero-order chi connectivity index (χ0) is 15.5. The van der Waals surface area contributed by atoms with Gasteiger partial charge in [-0.25, -0.2) is 0 Å². The number of thioether (sulfide) groups is 1. The molecule has 1 unspecified atom stereocenters. The quantitative estimate of drug-likeness (QED) is 0.433. The van der Waals surface area contributed by atoms with E-state index >= 15 is 0 Å². The van der Waals surface area contributed by atoms with Crippen molar-refractivity contribution in [3.63, 3.8) is 0 Å². The van der Waals surface area contributed by atoms with Crippen molar-refractivity contribution in [2.24, 2.45) is 0 Å². The van der Waals surface area contributed by atoms with E-state index in [9.17, 15) is 9.59 Å². The molecule has 0 spiro atoms. The Morgan fingerprint density at radius 3 is 2.57 bits per heavy atom. The highest BCUT2D eigenvalue weighted by Crippen LogP contribution is 2.22. The highest BCUT2D eigenvalue weighted by molar-refractivity contribution is 8.00. The molecule has 5 heteroatoms. The van der Waals surface area contributed by atoms with E-state index in [2.05, 4.69) is 10.1 Å². The molecule has 0 aliphatic rings. The van der Waals surface area contributed by atoms with Crippen molar-refractivity contribution >= 4 is 23.6 Å². The molecule has 1 aromatic rings. The number of unbranched alkanes of at least 4 members (excludes halogenated alkanes) is 2. The van der Waals surface area contributed by atoms with Crippen LogP contribution in [0.2, 0.25) is 0 Å². The van der Waals surface area contributed by atoms with Crippen LogP contribution < -0.4 is 5.32 Å². The third-order valence-corrected chi connectivity index (χ3v) is 4.12. The van der Waals surface area contributed by atoms with E-state index in [1.165, 1.54) is 7.11 Å². The zero-order valence-corrected chi connectivity index (χ0v) is 13.4. The predicted molar refractivity (Wildman–Crippen MR) is 85.3 cm³/mol. The summed E-state index contributed by atoms with van der Waals surface area (Å²) in [5, 5.41) is 2.82. The van der Waals surface area contributed by atoms with Crippen LogP contribution in [0.4, 0.5) is 0 Å². The van der Waals surface area contributed by atoms with Gasteiger partial charge < -0.3 is 10.1 Å². The number of rotatable bonds is 9. The van der Waals surface area contributed by atoms with Gasteiger partial charge in [0, 0.05) is 17.9 Å². The van der Waals surface area contributed by atoms with Crippen LogP contribution in [-0.2, 0) is 14.3 Å². The van der Waals surface area contributed by atoms with Gasteiger partial charge in [-0.05, 0) is 31.9 Å². The van der Waals surface area contributed by atoms with E-state index in [1.54, 1.807) is 11.8 Å². The second-order valence-corrected chi connectivity index (χ2v) is 6.17. The summed E-state index contributed by atoms with van der Waals surface area (Å²) >= 11 is 1.55. The number of ether oxygens (including phenoxy) is 1. The Kier molecular flexibility index (Phi) is 8.59. The minimum atomic E-state index is -0.174. The van der Waals surface area contributed by atoms with Gasteiger partial charge in [-0.1, -0.05) is 24.6 Å². The normalized spacial score (nSPS) is 11.7. The number of hydrogen-bond donors (Lipinski definition) is 1. The Morgan fingerprint density at radius 1 is 1.19 bits per heavy atom. The molecule has 0 radical (unpaired) electrons. The third kappa shape index (κ3) is 7.75. The van der Waals surface area contributed by atoms with Crippen LogP contribution in [0.5, 0.6) is 0 Å². The Balaban J connectivity index is 2.11. The monoisotopic (exact) mass is 309 g/mol. The van der Waals surface area contributed by atoms with Crippen molar-refractivity contribution in [2.45, 2.75) is 42.8 Å². The summed E-state index contributed by atoms with van der Waals surface area (Å²) in [6.07, 6.45) is 3.04. The van der Waals surface area contributed by atoms with Gasteiger partial charge in [0.1, 0.15) is 0 Å². The minimum Gasteiger partial charge on any atom is -0.469 e. The summed E-state index contributed by atoms with van der Waals surface area (Å²) in [7, 11) is 1.40. The van der Waals surface area contributed by atoms with Gasteiger partial charge in [0.25, 0.3) is 0 Å². The second kappa shape index (κ2) is 10.3. The molecule has 0 fully saturated rings.